The third-order valence-corrected chi connectivity index (χ3v) is 2.33. The van der Waals surface area contributed by atoms with E-state index in [-0.39, 0.29) is 5.84 Å². The summed E-state index contributed by atoms with van der Waals surface area (Å²) in [6, 6.07) is 3.49. The molecule has 0 bridgehead atoms. The molecular formula is C12H19N3O. The number of amidine groups is 1. The van der Waals surface area contributed by atoms with Crippen molar-refractivity contribution in [1.29, 1.82) is 5.41 Å². The smallest absolute Gasteiger partial charge is 0.141 e. The predicted octanol–water partition coefficient (Wildman–Crippen LogP) is 2.18. The van der Waals surface area contributed by atoms with Gasteiger partial charge in [-0.1, -0.05) is 20.3 Å². The number of ether oxygens (including phenoxy) is 1. The van der Waals surface area contributed by atoms with Crippen LogP contribution >= 0.6 is 0 Å². The maximum absolute atomic E-state index is 7.21. The van der Waals surface area contributed by atoms with Gasteiger partial charge in [-0.3, -0.25) is 5.41 Å². The lowest BCUT2D eigenvalue weighted by molar-refractivity contribution is 0.250. The Kier molecular flexibility index (Phi) is 4.76. The maximum atomic E-state index is 7.21. The van der Waals surface area contributed by atoms with Gasteiger partial charge < -0.3 is 10.5 Å². The number of rotatable bonds is 6. The number of nitrogen functional groups attached to an aromatic ring is 1. The van der Waals surface area contributed by atoms with Gasteiger partial charge in [-0.2, -0.15) is 0 Å². The fourth-order valence-corrected chi connectivity index (χ4v) is 1.44. The summed E-state index contributed by atoms with van der Waals surface area (Å²) >= 11 is 0. The average Bonchev–Trinajstić information content (AvgIpc) is 2.27. The lowest BCUT2D eigenvalue weighted by Gasteiger charge is -2.11. The van der Waals surface area contributed by atoms with E-state index in [2.05, 4.69) is 18.8 Å². The van der Waals surface area contributed by atoms with Crippen molar-refractivity contribution in [2.75, 3.05) is 6.61 Å². The van der Waals surface area contributed by atoms with Crippen LogP contribution in [0.25, 0.3) is 0 Å². The van der Waals surface area contributed by atoms with Gasteiger partial charge in [-0.05, 0) is 24.5 Å². The van der Waals surface area contributed by atoms with Gasteiger partial charge in [-0.25, -0.2) is 4.98 Å². The number of nitrogens with one attached hydrogen (secondary N) is 1. The summed E-state index contributed by atoms with van der Waals surface area (Å²) in [7, 11) is 0. The average molecular weight is 221 g/mol. The highest BCUT2D eigenvalue weighted by Crippen LogP contribution is 2.12. The Bertz CT molecular complexity index is 335. The van der Waals surface area contributed by atoms with Gasteiger partial charge in [0.25, 0.3) is 0 Å². The van der Waals surface area contributed by atoms with Gasteiger partial charge in [0, 0.05) is 0 Å². The third-order valence-electron chi connectivity index (χ3n) is 2.33. The molecule has 0 saturated heterocycles. The number of pyridine rings is 1. The number of aromatic nitrogens is 1. The zero-order chi connectivity index (χ0) is 12.0. The second kappa shape index (κ2) is 6.10. The van der Waals surface area contributed by atoms with E-state index in [1.807, 2.05) is 0 Å². The molecule has 0 fully saturated rings. The molecule has 0 amide bonds. The molecular weight excluding hydrogens is 202 g/mol. The van der Waals surface area contributed by atoms with E-state index in [0.29, 0.717) is 18.2 Å². The molecule has 0 aliphatic heterocycles. The first-order chi connectivity index (χ1) is 7.63. The molecule has 3 N–H and O–H groups in total. The predicted molar refractivity (Wildman–Crippen MR) is 64.8 cm³/mol. The Balaban J connectivity index is 2.46. The van der Waals surface area contributed by atoms with E-state index in [1.165, 1.54) is 12.8 Å². The van der Waals surface area contributed by atoms with Crippen LogP contribution in [0.5, 0.6) is 5.75 Å². The van der Waals surface area contributed by atoms with E-state index in [9.17, 15) is 0 Å². The van der Waals surface area contributed by atoms with Crippen LogP contribution in [0.4, 0.5) is 0 Å². The fourth-order valence-electron chi connectivity index (χ4n) is 1.44. The van der Waals surface area contributed by atoms with Crippen molar-refractivity contribution < 1.29 is 4.74 Å². The van der Waals surface area contributed by atoms with E-state index >= 15 is 0 Å². The normalized spacial score (nSPS) is 12.1. The maximum Gasteiger partial charge on any atom is 0.141 e. The van der Waals surface area contributed by atoms with E-state index in [1.54, 1.807) is 18.3 Å². The molecule has 1 unspecified atom stereocenters. The Hall–Kier alpha value is -1.58. The van der Waals surface area contributed by atoms with Crippen LogP contribution in [0.1, 0.15) is 32.4 Å². The second-order valence-corrected chi connectivity index (χ2v) is 4.00. The summed E-state index contributed by atoms with van der Waals surface area (Å²) in [5, 5.41) is 7.21. The minimum Gasteiger partial charge on any atom is -0.492 e. The Morgan fingerprint density at radius 1 is 1.56 bits per heavy atom. The van der Waals surface area contributed by atoms with E-state index in [4.69, 9.17) is 15.9 Å². The number of nitrogens with two attached hydrogens (primary N) is 1. The SMILES string of the molecule is CCCC(C)COc1ccc(C(=N)N)nc1. The monoisotopic (exact) mass is 221 g/mol. The largest absolute Gasteiger partial charge is 0.492 e. The van der Waals surface area contributed by atoms with Crippen molar-refractivity contribution in [1.82, 2.24) is 4.98 Å². The number of hydrogen-bond donors (Lipinski definition) is 2. The summed E-state index contributed by atoms with van der Waals surface area (Å²) < 4.78 is 5.58. The molecule has 0 aliphatic rings. The summed E-state index contributed by atoms with van der Waals surface area (Å²) in [5.74, 6) is 1.26. The summed E-state index contributed by atoms with van der Waals surface area (Å²) in [6.07, 6.45) is 3.94. The van der Waals surface area contributed by atoms with Crippen LogP contribution in [-0.2, 0) is 0 Å². The molecule has 0 aromatic carbocycles. The Morgan fingerprint density at radius 2 is 2.31 bits per heavy atom. The summed E-state index contributed by atoms with van der Waals surface area (Å²) in [6.45, 7) is 5.04. The zero-order valence-corrected chi connectivity index (χ0v) is 9.86. The fraction of sp³-hybridized carbons (Fsp3) is 0.500. The minimum atomic E-state index is -0.0223. The Labute approximate surface area is 96.3 Å². The van der Waals surface area contributed by atoms with Crippen molar-refractivity contribution >= 4 is 5.84 Å². The molecule has 0 saturated carbocycles. The van der Waals surface area contributed by atoms with E-state index < -0.39 is 0 Å². The van der Waals surface area contributed by atoms with Crippen molar-refractivity contribution in [3.8, 4) is 5.75 Å². The summed E-state index contributed by atoms with van der Waals surface area (Å²) in [5.41, 5.74) is 5.79. The summed E-state index contributed by atoms with van der Waals surface area (Å²) in [4.78, 5) is 4.03. The van der Waals surface area contributed by atoms with Gasteiger partial charge in [0.15, 0.2) is 0 Å². The van der Waals surface area contributed by atoms with Gasteiger partial charge in [0.1, 0.15) is 17.3 Å². The first-order valence-corrected chi connectivity index (χ1v) is 5.56. The second-order valence-electron chi connectivity index (χ2n) is 4.00. The van der Waals surface area contributed by atoms with Crippen LogP contribution in [0.2, 0.25) is 0 Å². The van der Waals surface area contributed by atoms with Crippen molar-refractivity contribution in [3.05, 3.63) is 24.0 Å². The molecule has 0 aliphatic carbocycles. The highest BCUT2D eigenvalue weighted by Gasteiger charge is 2.03. The molecule has 4 heteroatoms. The molecule has 1 heterocycles. The number of nitrogens with zero attached hydrogens (tertiary/aromatic N) is 1. The lowest BCUT2D eigenvalue weighted by atomic mass is 10.1. The molecule has 88 valence electrons. The molecule has 1 aromatic heterocycles. The highest BCUT2D eigenvalue weighted by atomic mass is 16.5. The van der Waals surface area contributed by atoms with Crippen LogP contribution in [-0.4, -0.2) is 17.4 Å². The third kappa shape index (κ3) is 3.88. The Morgan fingerprint density at radius 3 is 2.81 bits per heavy atom. The minimum absolute atomic E-state index is 0.0223. The molecule has 1 aromatic rings. The van der Waals surface area contributed by atoms with Gasteiger partial charge in [0.05, 0.1) is 12.8 Å². The van der Waals surface area contributed by atoms with E-state index in [0.717, 1.165) is 5.75 Å². The molecule has 0 radical (unpaired) electrons. The standard InChI is InChI=1S/C12H19N3O/c1-3-4-9(2)8-16-10-5-6-11(12(13)14)15-7-10/h5-7,9H,3-4,8H2,1-2H3,(H3,13,14). The van der Waals surface area contributed by atoms with Gasteiger partial charge in [-0.15, -0.1) is 0 Å². The number of hydrogen-bond acceptors (Lipinski definition) is 3. The van der Waals surface area contributed by atoms with Crippen LogP contribution < -0.4 is 10.5 Å². The van der Waals surface area contributed by atoms with Crippen molar-refractivity contribution in [3.63, 3.8) is 0 Å². The molecule has 16 heavy (non-hydrogen) atoms. The van der Waals surface area contributed by atoms with Crippen LogP contribution in [0, 0.1) is 11.3 Å². The molecule has 1 atom stereocenters. The molecule has 0 spiro atoms. The molecule has 4 nitrogen and oxygen atoms in total. The quantitative estimate of drug-likeness (QED) is 0.571. The first kappa shape index (κ1) is 12.5. The zero-order valence-electron chi connectivity index (χ0n) is 9.86. The lowest BCUT2D eigenvalue weighted by Crippen LogP contribution is -2.13. The van der Waals surface area contributed by atoms with Crippen molar-refractivity contribution in [2.45, 2.75) is 26.7 Å². The topological polar surface area (TPSA) is 72.0 Å². The first-order valence-electron chi connectivity index (χ1n) is 5.56. The van der Waals surface area contributed by atoms with Gasteiger partial charge in [0.2, 0.25) is 0 Å². The van der Waals surface area contributed by atoms with Crippen molar-refractivity contribution in [2.24, 2.45) is 11.7 Å². The van der Waals surface area contributed by atoms with Crippen LogP contribution in [0.15, 0.2) is 18.3 Å². The van der Waals surface area contributed by atoms with Gasteiger partial charge >= 0.3 is 0 Å². The van der Waals surface area contributed by atoms with Crippen LogP contribution in [0.3, 0.4) is 0 Å². The molecule has 1 rings (SSSR count). The highest BCUT2D eigenvalue weighted by molar-refractivity contribution is 5.92.